The van der Waals surface area contributed by atoms with Crippen molar-refractivity contribution in [2.45, 2.75) is 26.3 Å². The smallest absolute Gasteiger partial charge is 0.261 e. The van der Waals surface area contributed by atoms with Crippen LogP contribution in [0.25, 0.3) is 0 Å². The lowest BCUT2D eigenvalue weighted by Crippen LogP contribution is -2.43. The van der Waals surface area contributed by atoms with E-state index in [1.807, 2.05) is 43.3 Å². The fraction of sp³-hybridized carbons (Fsp3) is 0.250. The highest BCUT2D eigenvalue weighted by Crippen LogP contribution is 2.27. The monoisotopic (exact) mass is 482 g/mol. The number of imide groups is 1. The molecule has 8 heteroatoms. The van der Waals surface area contributed by atoms with Gasteiger partial charge in [-0.1, -0.05) is 36.4 Å². The first kappa shape index (κ1) is 23.4. The number of fused-ring (bicyclic) bond motifs is 1. The van der Waals surface area contributed by atoms with Crippen LogP contribution in [-0.2, 0) is 11.3 Å². The number of hydrogen-bond acceptors (Lipinski definition) is 5. The molecule has 36 heavy (non-hydrogen) atoms. The van der Waals surface area contributed by atoms with Gasteiger partial charge in [-0.2, -0.15) is 0 Å². The molecule has 0 spiro atoms. The molecule has 1 atom stereocenters. The number of anilines is 1. The van der Waals surface area contributed by atoms with Crippen LogP contribution in [0.4, 0.5) is 5.82 Å². The van der Waals surface area contributed by atoms with E-state index >= 15 is 0 Å². The van der Waals surface area contributed by atoms with Gasteiger partial charge in [-0.15, -0.1) is 0 Å². The van der Waals surface area contributed by atoms with Gasteiger partial charge >= 0.3 is 0 Å². The van der Waals surface area contributed by atoms with Gasteiger partial charge in [0.15, 0.2) is 0 Å². The highest BCUT2D eigenvalue weighted by atomic mass is 16.2. The van der Waals surface area contributed by atoms with Gasteiger partial charge in [-0.3, -0.25) is 24.1 Å². The second-order valence-electron chi connectivity index (χ2n) is 9.24. The lowest BCUT2D eigenvalue weighted by Gasteiger charge is -2.32. The summed E-state index contributed by atoms with van der Waals surface area (Å²) < 4.78 is 0. The molecule has 1 unspecified atom stereocenters. The van der Waals surface area contributed by atoms with E-state index in [0.717, 1.165) is 11.1 Å². The summed E-state index contributed by atoms with van der Waals surface area (Å²) >= 11 is 0. The van der Waals surface area contributed by atoms with Crippen LogP contribution in [0.2, 0.25) is 0 Å². The molecule has 1 N–H and O–H groups in total. The van der Waals surface area contributed by atoms with Gasteiger partial charge in [0.2, 0.25) is 5.91 Å². The number of benzene rings is 2. The highest BCUT2D eigenvalue weighted by molar-refractivity contribution is 6.22. The number of hydrogen-bond donors (Lipinski definition) is 1. The van der Waals surface area contributed by atoms with Crippen LogP contribution in [0, 0.1) is 12.8 Å². The van der Waals surface area contributed by atoms with E-state index in [0.29, 0.717) is 36.3 Å². The topological polar surface area (TPSA) is 99.7 Å². The van der Waals surface area contributed by atoms with Gasteiger partial charge in [0, 0.05) is 24.8 Å². The summed E-state index contributed by atoms with van der Waals surface area (Å²) in [5.41, 5.74) is 2.71. The molecular weight excluding hydrogens is 456 g/mol. The molecule has 4 amide bonds. The summed E-state index contributed by atoms with van der Waals surface area (Å²) in [5.74, 6) is -1.08. The standard InChI is InChI=1S/C28H26N4O4/c1-18-9-12-24(29-15-18)30-25(33)21-8-5-13-31(17-21)26(34)20-10-11-22-23(14-20)28(36)32(27(22)35)16-19-6-3-2-4-7-19/h2-4,6-7,9-12,14-15,21H,5,8,13,16-17H2,1H3,(H,29,30,33). The largest absolute Gasteiger partial charge is 0.338 e. The fourth-order valence-electron chi connectivity index (χ4n) is 4.66. The van der Waals surface area contributed by atoms with Crippen molar-refractivity contribution >= 4 is 29.4 Å². The minimum Gasteiger partial charge on any atom is -0.338 e. The number of aryl methyl sites for hydroxylation is 1. The molecule has 5 rings (SSSR count). The van der Waals surface area contributed by atoms with Crippen molar-refractivity contribution in [2.75, 3.05) is 18.4 Å². The fourth-order valence-corrected chi connectivity index (χ4v) is 4.66. The van der Waals surface area contributed by atoms with Crippen molar-refractivity contribution in [1.29, 1.82) is 0 Å². The van der Waals surface area contributed by atoms with Crippen LogP contribution in [0.15, 0.2) is 66.9 Å². The summed E-state index contributed by atoms with van der Waals surface area (Å²) in [7, 11) is 0. The summed E-state index contributed by atoms with van der Waals surface area (Å²) in [6, 6.07) is 17.6. The second kappa shape index (κ2) is 9.73. The number of pyridine rings is 1. The number of nitrogens with one attached hydrogen (secondary N) is 1. The maximum atomic E-state index is 13.3. The molecule has 182 valence electrons. The molecule has 2 aromatic carbocycles. The maximum Gasteiger partial charge on any atom is 0.261 e. The molecule has 3 aromatic rings. The zero-order valence-electron chi connectivity index (χ0n) is 19.9. The Balaban J connectivity index is 1.28. The van der Waals surface area contributed by atoms with Gasteiger partial charge in [0.05, 0.1) is 23.6 Å². The van der Waals surface area contributed by atoms with Crippen LogP contribution in [-0.4, -0.2) is 51.5 Å². The molecule has 1 fully saturated rings. The lowest BCUT2D eigenvalue weighted by molar-refractivity contribution is -0.121. The van der Waals surface area contributed by atoms with E-state index in [-0.39, 0.29) is 42.3 Å². The van der Waals surface area contributed by atoms with Crippen molar-refractivity contribution in [1.82, 2.24) is 14.8 Å². The molecular formula is C28H26N4O4. The first-order chi connectivity index (χ1) is 17.4. The van der Waals surface area contributed by atoms with Crippen molar-refractivity contribution < 1.29 is 19.2 Å². The summed E-state index contributed by atoms with van der Waals surface area (Å²) in [6.07, 6.45) is 3.05. The predicted octanol–water partition coefficient (Wildman–Crippen LogP) is 3.68. The van der Waals surface area contributed by atoms with Crippen LogP contribution in [0.5, 0.6) is 0 Å². The SMILES string of the molecule is Cc1ccc(NC(=O)C2CCCN(C(=O)c3ccc4c(c3)C(=O)N(Cc3ccccc3)C4=O)C2)nc1. The average Bonchev–Trinajstić information content (AvgIpc) is 3.14. The maximum absolute atomic E-state index is 13.3. The van der Waals surface area contributed by atoms with Crippen molar-refractivity contribution in [3.8, 4) is 0 Å². The highest BCUT2D eigenvalue weighted by Gasteiger charge is 2.37. The minimum absolute atomic E-state index is 0.171. The molecule has 3 heterocycles. The number of amides is 4. The molecule has 1 saturated heterocycles. The second-order valence-corrected chi connectivity index (χ2v) is 9.24. The molecule has 2 aliphatic rings. The molecule has 2 aliphatic heterocycles. The zero-order valence-corrected chi connectivity index (χ0v) is 19.9. The number of piperidine rings is 1. The summed E-state index contributed by atoms with van der Waals surface area (Å²) in [4.78, 5) is 59.0. The van der Waals surface area contributed by atoms with Gasteiger partial charge in [-0.05, 0) is 55.2 Å². The Morgan fingerprint density at radius 3 is 2.53 bits per heavy atom. The third-order valence-corrected chi connectivity index (χ3v) is 6.64. The third kappa shape index (κ3) is 4.62. The number of rotatable bonds is 5. The molecule has 0 saturated carbocycles. The Labute approximate surface area is 208 Å². The van der Waals surface area contributed by atoms with Gasteiger partial charge in [-0.25, -0.2) is 4.98 Å². The Hall–Kier alpha value is -4.33. The predicted molar refractivity (Wildman–Crippen MR) is 133 cm³/mol. The van der Waals surface area contributed by atoms with Crippen molar-refractivity contribution in [3.05, 3.63) is 94.7 Å². The van der Waals surface area contributed by atoms with Crippen molar-refractivity contribution in [3.63, 3.8) is 0 Å². The Morgan fingerprint density at radius 2 is 1.78 bits per heavy atom. The summed E-state index contributed by atoms with van der Waals surface area (Å²) in [6.45, 7) is 2.90. The number of carbonyl (C=O) groups is 4. The van der Waals surface area contributed by atoms with E-state index in [1.165, 1.54) is 11.0 Å². The number of likely N-dealkylation sites (tertiary alicyclic amines) is 1. The molecule has 8 nitrogen and oxygen atoms in total. The van der Waals surface area contributed by atoms with E-state index in [4.69, 9.17) is 0 Å². The number of nitrogens with zero attached hydrogens (tertiary/aromatic N) is 3. The van der Waals surface area contributed by atoms with Crippen LogP contribution in [0.3, 0.4) is 0 Å². The van der Waals surface area contributed by atoms with Crippen LogP contribution < -0.4 is 5.32 Å². The molecule has 1 aromatic heterocycles. The van der Waals surface area contributed by atoms with E-state index in [9.17, 15) is 19.2 Å². The Bertz CT molecular complexity index is 1340. The molecule has 0 radical (unpaired) electrons. The van der Waals surface area contributed by atoms with Gasteiger partial charge in [0.25, 0.3) is 17.7 Å². The van der Waals surface area contributed by atoms with Crippen molar-refractivity contribution in [2.24, 2.45) is 5.92 Å². The first-order valence-electron chi connectivity index (χ1n) is 12.0. The lowest BCUT2D eigenvalue weighted by atomic mass is 9.96. The normalized spacial score (nSPS) is 17.2. The number of carbonyl (C=O) groups excluding carboxylic acids is 4. The summed E-state index contributed by atoms with van der Waals surface area (Å²) in [5, 5.41) is 2.83. The Kier molecular flexibility index (Phi) is 6.33. The van der Waals surface area contributed by atoms with E-state index < -0.39 is 5.91 Å². The van der Waals surface area contributed by atoms with Gasteiger partial charge < -0.3 is 10.2 Å². The minimum atomic E-state index is -0.407. The van der Waals surface area contributed by atoms with E-state index in [1.54, 1.807) is 29.3 Å². The Morgan fingerprint density at radius 1 is 1.00 bits per heavy atom. The molecule has 0 aliphatic carbocycles. The van der Waals surface area contributed by atoms with E-state index in [2.05, 4.69) is 10.3 Å². The third-order valence-electron chi connectivity index (χ3n) is 6.64. The quantitative estimate of drug-likeness (QED) is 0.560. The average molecular weight is 483 g/mol. The number of aromatic nitrogens is 1. The van der Waals surface area contributed by atoms with Crippen LogP contribution in [0.1, 0.15) is 55.0 Å². The van der Waals surface area contributed by atoms with Crippen LogP contribution >= 0.6 is 0 Å². The molecule has 0 bridgehead atoms. The van der Waals surface area contributed by atoms with Gasteiger partial charge in [0.1, 0.15) is 5.82 Å². The zero-order chi connectivity index (χ0) is 25.2. The first-order valence-corrected chi connectivity index (χ1v) is 12.0.